The lowest BCUT2D eigenvalue weighted by Gasteiger charge is -2.22. The van der Waals surface area contributed by atoms with Gasteiger partial charge >= 0.3 is 0 Å². The highest BCUT2D eigenvalue weighted by atomic mass is 32.1. The van der Waals surface area contributed by atoms with Gasteiger partial charge in [-0.3, -0.25) is 14.1 Å². The van der Waals surface area contributed by atoms with Crippen LogP contribution in [0.15, 0.2) is 0 Å². The molecule has 0 aromatic carbocycles. The molecule has 6 unspecified atom stereocenters. The Bertz CT molecular complexity index is 406. The molecule has 0 aliphatic carbocycles. The van der Waals surface area contributed by atoms with Gasteiger partial charge in [-0.2, -0.15) is 0 Å². The van der Waals surface area contributed by atoms with Gasteiger partial charge in [0.25, 0.3) is 0 Å². The lowest BCUT2D eigenvalue weighted by atomic mass is 10.1. The van der Waals surface area contributed by atoms with Gasteiger partial charge in [0.05, 0.1) is 18.3 Å². The number of methoxy groups -OCH3 is 3. The predicted molar refractivity (Wildman–Crippen MR) is 139 cm³/mol. The maximum Gasteiger partial charge on any atom is 0.0707 e. The second-order valence-electron chi connectivity index (χ2n) is 8.37. The van der Waals surface area contributed by atoms with Crippen molar-refractivity contribution < 1.29 is 28.3 Å². The van der Waals surface area contributed by atoms with E-state index in [-0.39, 0.29) is 14.1 Å². The van der Waals surface area contributed by atoms with Crippen molar-refractivity contribution >= 4 is 38.4 Å². The molecule has 3 aliphatic rings. The van der Waals surface area contributed by atoms with Gasteiger partial charge in [-0.1, -0.05) is 0 Å². The summed E-state index contributed by atoms with van der Waals surface area (Å²) in [6.45, 7) is 9.38. The third kappa shape index (κ3) is 12.9. The molecular weight excluding hydrogens is 495 g/mol. The van der Waals surface area contributed by atoms with Gasteiger partial charge in [-0.25, -0.2) is 12.9 Å². The summed E-state index contributed by atoms with van der Waals surface area (Å²) in [6.07, 6.45) is 8.13. The third-order valence-corrected chi connectivity index (χ3v) is 7.85. The summed E-state index contributed by atoms with van der Waals surface area (Å²) in [5, 5.41) is 0. The second-order valence-corrected chi connectivity index (χ2v) is 9.78. The van der Waals surface area contributed by atoms with Gasteiger partial charge in [-0.05, 0) is 59.3 Å². The Balaban J connectivity index is -0.000000391. The Labute approximate surface area is 216 Å². The molecule has 33 heavy (non-hydrogen) atoms. The van der Waals surface area contributed by atoms with Gasteiger partial charge in [0.2, 0.25) is 0 Å². The highest BCUT2D eigenvalue weighted by Gasteiger charge is 2.28. The molecule has 3 heterocycles. The summed E-state index contributed by atoms with van der Waals surface area (Å²) in [6, 6.07) is 1.42. The molecule has 6 nitrogen and oxygen atoms in total. The average Bonchev–Trinajstić information content (AvgIpc) is 3.48. The zero-order chi connectivity index (χ0) is 22.7. The largest absolute Gasteiger partial charge is 0.380 e. The fraction of sp³-hybridized carbons (Fsp3) is 1.00. The van der Waals surface area contributed by atoms with E-state index in [0.29, 0.717) is 36.4 Å². The van der Waals surface area contributed by atoms with Gasteiger partial charge in [0, 0.05) is 97.5 Å². The fourth-order valence-corrected chi connectivity index (χ4v) is 5.39. The van der Waals surface area contributed by atoms with Crippen LogP contribution in [0.1, 0.15) is 59.3 Å². The first kappa shape index (κ1) is 38.1. The molecule has 3 radical (unpaired) electrons. The van der Waals surface area contributed by atoms with E-state index in [2.05, 4.69) is 20.8 Å². The summed E-state index contributed by atoms with van der Waals surface area (Å²) in [5.41, 5.74) is 0. The van der Waals surface area contributed by atoms with Crippen LogP contribution in [-0.2, 0) is 14.2 Å². The Hall–Kier alpha value is 0.600. The predicted octanol–water partition coefficient (Wildman–Crippen LogP) is 5.25. The van der Waals surface area contributed by atoms with E-state index in [0.717, 1.165) is 19.6 Å². The average molecular weight is 541 g/mol. The summed E-state index contributed by atoms with van der Waals surface area (Å²) in [5.74, 6) is 0. The van der Waals surface area contributed by atoms with Crippen molar-refractivity contribution in [2.45, 2.75) is 95.7 Å². The van der Waals surface area contributed by atoms with Crippen LogP contribution in [0.2, 0.25) is 0 Å². The van der Waals surface area contributed by atoms with Crippen LogP contribution < -0.4 is 0 Å². The molecule has 3 rings (SSSR count). The third-order valence-electron chi connectivity index (χ3n) is 6.49. The number of hydrogen-bond donors (Lipinski definition) is 0. The fourth-order valence-electron chi connectivity index (χ4n) is 4.18. The van der Waals surface area contributed by atoms with Crippen LogP contribution in [0.3, 0.4) is 0 Å². The number of ether oxygens (including phenoxy) is 3. The smallest absolute Gasteiger partial charge is 0.0707 e. The van der Waals surface area contributed by atoms with Crippen LogP contribution in [0.4, 0.5) is 14.1 Å². The molecule has 201 valence electrons. The minimum atomic E-state index is 0. The first-order chi connectivity index (χ1) is 14.3. The molecule has 3 fully saturated rings. The lowest BCUT2D eigenvalue weighted by molar-refractivity contribution is 0.0714. The number of rotatable bonds is 6. The lowest BCUT2D eigenvalue weighted by Crippen LogP contribution is -2.32. The maximum atomic E-state index is 5.20. The number of nitrogens with zero attached hydrogens (tertiary/aromatic N) is 3. The molecule has 0 aromatic rings. The maximum absolute atomic E-state index is 5.20. The van der Waals surface area contributed by atoms with Crippen LogP contribution in [0, 0.1) is 0 Å². The van der Waals surface area contributed by atoms with Gasteiger partial charge in [-0.15, -0.1) is 0 Å². The molecule has 0 amide bonds. The summed E-state index contributed by atoms with van der Waals surface area (Å²) in [4.78, 5) is 0. The Morgan fingerprint density at radius 1 is 0.545 bits per heavy atom. The van der Waals surface area contributed by atoms with E-state index < -0.39 is 0 Å². The summed E-state index contributed by atoms with van der Waals surface area (Å²) >= 11 is 15.4. The van der Waals surface area contributed by atoms with E-state index in [1.807, 2.05) is 12.9 Å². The minimum absolute atomic E-state index is 0. The summed E-state index contributed by atoms with van der Waals surface area (Å²) in [7, 11) is 5.23. The first-order valence-electron chi connectivity index (χ1n) is 11.2. The zero-order valence-electron chi connectivity index (χ0n) is 20.8. The van der Waals surface area contributed by atoms with Crippen molar-refractivity contribution in [1.29, 1.82) is 0 Å². The second kappa shape index (κ2) is 20.8. The minimum Gasteiger partial charge on any atom is -0.380 e. The van der Waals surface area contributed by atoms with Crippen LogP contribution >= 0.6 is 38.4 Å². The van der Waals surface area contributed by atoms with E-state index in [1.54, 1.807) is 21.3 Å². The van der Waals surface area contributed by atoms with Gasteiger partial charge in [0.15, 0.2) is 0 Å². The number of halogens is 3. The molecule has 3 aliphatic heterocycles. The Morgan fingerprint density at radius 3 is 0.879 bits per heavy atom. The highest BCUT2D eigenvalue weighted by Crippen LogP contribution is 2.24. The van der Waals surface area contributed by atoms with Crippen molar-refractivity contribution in [2.75, 3.05) is 41.0 Å². The topological polar surface area (TPSA) is 37.4 Å². The normalized spacial score (nSPS) is 28.1. The molecule has 0 spiro atoms. The van der Waals surface area contributed by atoms with E-state index >= 15 is 0 Å². The summed E-state index contributed by atoms with van der Waals surface area (Å²) < 4.78 is 21.5. The van der Waals surface area contributed by atoms with E-state index in [4.69, 9.17) is 52.7 Å². The molecule has 0 aromatic heterocycles. The van der Waals surface area contributed by atoms with Crippen LogP contribution in [0.25, 0.3) is 0 Å². The standard InChI is InChI=1S/3C7H14NOS.3FH/c3*1-6(9-2)7-4-3-5-8(7)10;;;/h3*6-7H,3-5H2,1-2H3;3*1H. The Morgan fingerprint density at radius 2 is 0.758 bits per heavy atom. The highest BCUT2D eigenvalue weighted by molar-refractivity contribution is 7.78. The molecule has 0 saturated carbocycles. The molecule has 3 saturated heterocycles. The molecule has 0 bridgehead atoms. The molecular formula is C21H45F3N3O3S3. The van der Waals surface area contributed by atoms with Crippen LogP contribution in [0.5, 0.6) is 0 Å². The van der Waals surface area contributed by atoms with Gasteiger partial charge in [0.1, 0.15) is 0 Å². The zero-order valence-corrected chi connectivity index (χ0v) is 23.3. The van der Waals surface area contributed by atoms with Crippen molar-refractivity contribution in [3.63, 3.8) is 0 Å². The quantitative estimate of drug-likeness (QED) is 0.458. The van der Waals surface area contributed by atoms with Crippen LogP contribution in [-0.4, -0.2) is 90.3 Å². The van der Waals surface area contributed by atoms with E-state index in [1.165, 1.54) is 38.5 Å². The van der Waals surface area contributed by atoms with Crippen molar-refractivity contribution in [2.24, 2.45) is 0 Å². The molecule has 0 N–H and O–H groups in total. The monoisotopic (exact) mass is 540 g/mol. The number of hydrogen-bond acceptors (Lipinski definition) is 6. The first-order valence-corrected chi connectivity index (χ1v) is 12.3. The SMILES string of the molecule is COC(C)C1CCCN1[S].COC(C)C1CCCN1[S].COC(C)C1CCCN1[S].F.F.F. The van der Waals surface area contributed by atoms with Gasteiger partial charge < -0.3 is 14.2 Å². The van der Waals surface area contributed by atoms with E-state index in [9.17, 15) is 0 Å². The molecule has 6 atom stereocenters. The van der Waals surface area contributed by atoms with Crippen molar-refractivity contribution in [1.82, 2.24) is 12.9 Å². The van der Waals surface area contributed by atoms with Crippen molar-refractivity contribution in [3.05, 3.63) is 0 Å². The Kier molecular flexibility index (Phi) is 24.0. The molecule has 12 heteroatoms. The van der Waals surface area contributed by atoms with Crippen molar-refractivity contribution in [3.8, 4) is 0 Å².